The van der Waals surface area contributed by atoms with Crippen molar-refractivity contribution in [2.45, 2.75) is 472 Å². The van der Waals surface area contributed by atoms with Gasteiger partial charge in [-0.05, 0) is 49.4 Å². The molecule has 0 saturated heterocycles. The first-order valence-electron chi connectivity index (χ1n) is 44.7. The highest BCUT2D eigenvalue weighted by atomic mass is 31.2. The maximum absolute atomic E-state index is 13.1. The maximum Gasteiger partial charge on any atom is 0.472 e. The third-order valence-corrected chi connectivity index (χ3v) is 22.6. The molecule has 0 bridgehead atoms. The number of esters is 4. The lowest BCUT2D eigenvalue weighted by Gasteiger charge is -2.21. The zero-order chi connectivity index (χ0) is 78.1. The summed E-state index contributed by atoms with van der Waals surface area (Å²) in [6, 6.07) is 0. The number of unbranched alkanes of at least 4 members (excludes halogenated alkanes) is 49. The molecule has 106 heavy (non-hydrogen) atoms. The summed E-state index contributed by atoms with van der Waals surface area (Å²) >= 11 is 0. The predicted molar refractivity (Wildman–Crippen MR) is 437 cm³/mol. The van der Waals surface area contributed by atoms with Crippen LogP contribution in [0.25, 0.3) is 0 Å². The summed E-state index contributed by atoms with van der Waals surface area (Å²) in [6.07, 6.45) is 65.3. The Morgan fingerprint density at radius 2 is 0.453 bits per heavy atom. The predicted octanol–water partition coefficient (Wildman–Crippen LogP) is 26.3. The van der Waals surface area contributed by atoms with Crippen LogP contribution in [0.2, 0.25) is 0 Å². The van der Waals surface area contributed by atoms with Crippen molar-refractivity contribution in [3.8, 4) is 0 Å². The third kappa shape index (κ3) is 78.7. The summed E-state index contributed by atoms with van der Waals surface area (Å²) < 4.78 is 68.9. The molecule has 6 atom stereocenters. The normalized spacial score (nSPS) is 14.2. The molecule has 3 N–H and O–H groups in total. The van der Waals surface area contributed by atoms with Crippen molar-refractivity contribution >= 4 is 39.5 Å². The maximum atomic E-state index is 13.1. The van der Waals surface area contributed by atoms with Gasteiger partial charge >= 0.3 is 39.5 Å². The van der Waals surface area contributed by atoms with Crippen molar-refractivity contribution in [2.75, 3.05) is 39.6 Å². The van der Waals surface area contributed by atoms with Gasteiger partial charge in [-0.2, -0.15) is 0 Å². The number of carbonyl (C=O) groups is 4. The zero-order valence-corrected chi connectivity index (χ0v) is 71.9. The molecule has 0 aliphatic heterocycles. The number of phosphoric acid groups is 2. The van der Waals surface area contributed by atoms with E-state index in [4.69, 9.17) is 37.0 Å². The Labute approximate surface area is 651 Å². The van der Waals surface area contributed by atoms with E-state index in [0.29, 0.717) is 31.6 Å². The van der Waals surface area contributed by atoms with E-state index >= 15 is 0 Å². The Bertz CT molecular complexity index is 2060. The summed E-state index contributed by atoms with van der Waals surface area (Å²) in [5.74, 6) is 1.06. The molecule has 0 aliphatic rings. The van der Waals surface area contributed by atoms with Crippen molar-refractivity contribution in [2.24, 2.45) is 23.7 Å². The van der Waals surface area contributed by atoms with Gasteiger partial charge in [-0.3, -0.25) is 37.3 Å². The summed E-state index contributed by atoms with van der Waals surface area (Å²) in [7, 11) is -9.93. The minimum atomic E-state index is -4.97. The van der Waals surface area contributed by atoms with Crippen LogP contribution >= 0.6 is 15.6 Å². The summed E-state index contributed by atoms with van der Waals surface area (Å²) in [5.41, 5.74) is 0. The van der Waals surface area contributed by atoms with Crippen LogP contribution in [0.4, 0.5) is 0 Å². The van der Waals surface area contributed by atoms with Gasteiger partial charge in [-0.25, -0.2) is 9.13 Å². The lowest BCUT2D eigenvalue weighted by molar-refractivity contribution is -0.161. The van der Waals surface area contributed by atoms with E-state index in [1.165, 1.54) is 250 Å². The van der Waals surface area contributed by atoms with E-state index < -0.39 is 97.5 Å². The molecule has 0 aromatic carbocycles. The van der Waals surface area contributed by atoms with E-state index in [9.17, 15) is 43.2 Å². The number of ether oxygens (including phenoxy) is 4. The van der Waals surface area contributed by atoms with Gasteiger partial charge in [-0.15, -0.1) is 0 Å². The summed E-state index contributed by atoms with van der Waals surface area (Å²) in [5, 5.41) is 10.7. The van der Waals surface area contributed by atoms with Crippen LogP contribution in [0.15, 0.2) is 0 Å². The molecule has 0 rings (SSSR count). The molecule has 0 saturated carbocycles. The first kappa shape index (κ1) is 104. The van der Waals surface area contributed by atoms with Crippen LogP contribution in [-0.4, -0.2) is 96.7 Å². The van der Waals surface area contributed by atoms with Crippen molar-refractivity contribution in [3.05, 3.63) is 0 Å². The molecule has 0 spiro atoms. The fourth-order valence-corrected chi connectivity index (χ4v) is 15.0. The van der Waals surface area contributed by atoms with Gasteiger partial charge in [0.2, 0.25) is 0 Å². The van der Waals surface area contributed by atoms with Crippen LogP contribution in [0.1, 0.15) is 453 Å². The second-order valence-electron chi connectivity index (χ2n) is 33.0. The van der Waals surface area contributed by atoms with Gasteiger partial charge in [0.05, 0.1) is 26.4 Å². The Kier molecular flexibility index (Phi) is 74.3. The Morgan fingerprint density at radius 1 is 0.264 bits per heavy atom. The molecule has 630 valence electrons. The third-order valence-electron chi connectivity index (χ3n) is 20.7. The first-order chi connectivity index (χ1) is 51.1. The van der Waals surface area contributed by atoms with Crippen LogP contribution < -0.4 is 0 Å². The molecule has 0 aromatic rings. The number of phosphoric ester groups is 2. The molecule has 17 nitrogen and oxygen atoms in total. The van der Waals surface area contributed by atoms with Gasteiger partial charge in [-0.1, -0.05) is 402 Å². The van der Waals surface area contributed by atoms with Crippen molar-refractivity contribution in [1.29, 1.82) is 0 Å². The van der Waals surface area contributed by atoms with Gasteiger partial charge in [0.25, 0.3) is 0 Å². The second-order valence-corrected chi connectivity index (χ2v) is 35.9. The molecule has 0 heterocycles. The van der Waals surface area contributed by atoms with E-state index in [0.717, 1.165) is 114 Å². The summed E-state index contributed by atoms with van der Waals surface area (Å²) in [6.45, 7) is 14.3. The van der Waals surface area contributed by atoms with E-state index in [1.54, 1.807) is 0 Å². The molecule has 19 heteroatoms. The molecule has 4 unspecified atom stereocenters. The smallest absolute Gasteiger partial charge is 0.462 e. The number of rotatable bonds is 84. The fourth-order valence-electron chi connectivity index (χ4n) is 13.5. The Morgan fingerprint density at radius 3 is 0.670 bits per heavy atom. The van der Waals surface area contributed by atoms with Gasteiger partial charge in [0, 0.05) is 25.7 Å². The highest BCUT2D eigenvalue weighted by Crippen LogP contribution is 2.45. The number of hydrogen-bond acceptors (Lipinski definition) is 15. The average Bonchev–Trinajstić information content (AvgIpc) is 0.900. The zero-order valence-electron chi connectivity index (χ0n) is 70.1. The lowest BCUT2D eigenvalue weighted by Crippen LogP contribution is -2.30. The van der Waals surface area contributed by atoms with Gasteiger partial charge < -0.3 is 33.8 Å². The van der Waals surface area contributed by atoms with Crippen LogP contribution in [0.5, 0.6) is 0 Å². The largest absolute Gasteiger partial charge is 0.472 e. The van der Waals surface area contributed by atoms with Crippen molar-refractivity contribution < 1.29 is 80.2 Å². The highest BCUT2D eigenvalue weighted by molar-refractivity contribution is 7.47. The SMILES string of the molecule is CCC(C)CCCCCCCCCCCCCCCCCCCCC(=O)OC[C@H](COP(=O)(O)OCC(O)COP(=O)(O)OC[C@@H](COC(=O)CCCCCCCCCC(C)C)OC(=O)CCCCCCCCCCCCCCCCCC(C)C)OC(=O)CCCCCCCCCCCCCCCC(C)C. The number of aliphatic hydroxyl groups is 1. The molecular formula is C87H170O17P2. The minimum absolute atomic E-state index is 0.107. The minimum Gasteiger partial charge on any atom is -0.462 e. The standard InChI is InChI=1S/C87H170O17P2/c1-9-80(8)66-58-50-42-34-28-22-16-12-10-11-13-17-23-29-35-43-51-59-67-84(89)97-73-82(103-86(91)70-62-54-45-37-31-25-19-21-27-33-40-48-56-64-78(4)5)75-101-105(93,94)99-71-81(88)72-100-106(95,96)102-76-83(74-98-85(90)68-60-52-46-38-41-49-57-65-79(6)7)104-87(92)69-61-53-44-36-30-24-18-14-15-20-26-32-39-47-55-63-77(2)3/h77-83,88H,9-76H2,1-8H3,(H,93,94)(H,95,96)/t80?,81?,82-,83-/m1/s1. The monoisotopic (exact) mass is 1550 g/mol. The number of hydrogen-bond donors (Lipinski definition) is 3. The van der Waals surface area contributed by atoms with Crippen LogP contribution in [0, 0.1) is 23.7 Å². The van der Waals surface area contributed by atoms with E-state index in [1.807, 2.05) is 0 Å². The highest BCUT2D eigenvalue weighted by Gasteiger charge is 2.31. The molecule has 0 radical (unpaired) electrons. The fraction of sp³-hybridized carbons (Fsp3) is 0.954. The number of aliphatic hydroxyl groups excluding tert-OH is 1. The second kappa shape index (κ2) is 75.7. The Hall–Kier alpha value is -1.94. The topological polar surface area (TPSA) is 237 Å². The van der Waals surface area contributed by atoms with Crippen LogP contribution in [0.3, 0.4) is 0 Å². The lowest BCUT2D eigenvalue weighted by atomic mass is 9.99. The number of carbonyl (C=O) groups excluding carboxylic acids is 4. The average molecular weight is 1550 g/mol. The summed E-state index contributed by atoms with van der Waals surface area (Å²) in [4.78, 5) is 73.2. The molecule has 0 aromatic heterocycles. The first-order valence-corrected chi connectivity index (χ1v) is 47.7. The van der Waals surface area contributed by atoms with Crippen molar-refractivity contribution in [1.82, 2.24) is 0 Å². The Balaban J connectivity index is 5.21. The van der Waals surface area contributed by atoms with E-state index in [2.05, 4.69) is 55.4 Å². The van der Waals surface area contributed by atoms with Crippen LogP contribution in [-0.2, 0) is 65.4 Å². The molecule has 0 amide bonds. The molecular weight excluding hydrogens is 1380 g/mol. The van der Waals surface area contributed by atoms with E-state index in [-0.39, 0.29) is 25.7 Å². The molecule has 0 fully saturated rings. The quantitative estimate of drug-likeness (QED) is 0.0222. The molecule has 0 aliphatic carbocycles. The van der Waals surface area contributed by atoms with Crippen molar-refractivity contribution in [3.63, 3.8) is 0 Å². The van der Waals surface area contributed by atoms with Gasteiger partial charge in [0.1, 0.15) is 19.3 Å². The van der Waals surface area contributed by atoms with Gasteiger partial charge in [0.15, 0.2) is 12.2 Å².